The molecule has 1 aromatic rings. The third kappa shape index (κ3) is 4.51. The number of nitrogens with one attached hydrogen (secondary N) is 1. The zero-order chi connectivity index (χ0) is 17.7. The summed E-state index contributed by atoms with van der Waals surface area (Å²) < 4.78 is 6.20. The molecule has 0 aromatic heterocycles. The van der Waals surface area contributed by atoms with Crippen LogP contribution in [0.25, 0.3) is 0 Å². The summed E-state index contributed by atoms with van der Waals surface area (Å²) in [6, 6.07) is 6.34. The number of carbonyl (C=O) groups excluding carboxylic acids is 1. The fourth-order valence-electron chi connectivity index (χ4n) is 3.46. The van der Waals surface area contributed by atoms with Crippen LogP contribution in [-0.2, 0) is 4.79 Å². The van der Waals surface area contributed by atoms with E-state index in [4.69, 9.17) is 4.74 Å². The third-order valence-corrected chi connectivity index (χ3v) is 5.55. The molecule has 5 heteroatoms. The van der Waals surface area contributed by atoms with Gasteiger partial charge in [-0.05, 0) is 73.2 Å². The Bertz CT molecular complexity index is 564. The van der Waals surface area contributed by atoms with E-state index in [9.17, 15) is 4.79 Å². The van der Waals surface area contributed by atoms with Gasteiger partial charge in [0.05, 0.1) is 17.6 Å². The van der Waals surface area contributed by atoms with Crippen LogP contribution >= 0.6 is 15.9 Å². The number of nitrogens with zero attached hydrogens (tertiary/aromatic N) is 1. The number of methoxy groups -OCH3 is 1. The Labute approximate surface area is 154 Å². The molecule has 24 heavy (non-hydrogen) atoms. The first kappa shape index (κ1) is 19.3. The fourth-order valence-corrected chi connectivity index (χ4v) is 4.02. The quantitative estimate of drug-likeness (QED) is 0.779. The topological polar surface area (TPSA) is 41.6 Å². The van der Waals surface area contributed by atoms with Crippen LogP contribution in [-0.4, -0.2) is 36.5 Å². The first-order valence-electron chi connectivity index (χ1n) is 8.87. The molecule has 1 fully saturated rings. The maximum absolute atomic E-state index is 12.8. The summed E-state index contributed by atoms with van der Waals surface area (Å²) in [5.74, 6) is 1.04. The molecule has 0 bridgehead atoms. The van der Waals surface area contributed by atoms with Gasteiger partial charge in [-0.15, -0.1) is 0 Å². The van der Waals surface area contributed by atoms with E-state index >= 15 is 0 Å². The van der Waals surface area contributed by atoms with Gasteiger partial charge in [0.1, 0.15) is 5.75 Å². The lowest BCUT2D eigenvalue weighted by molar-refractivity contribution is -0.137. The Hall–Kier alpha value is -1.07. The van der Waals surface area contributed by atoms with Crippen LogP contribution in [0.1, 0.15) is 58.1 Å². The molecule has 4 nitrogen and oxygen atoms in total. The molecule has 3 unspecified atom stereocenters. The van der Waals surface area contributed by atoms with Crippen molar-refractivity contribution in [3.05, 3.63) is 28.2 Å². The summed E-state index contributed by atoms with van der Waals surface area (Å²) in [7, 11) is 1.66. The minimum absolute atomic E-state index is 0.0935. The number of amides is 1. The summed E-state index contributed by atoms with van der Waals surface area (Å²) in [4.78, 5) is 14.9. The average Bonchev–Trinajstić information content (AvgIpc) is 2.60. The van der Waals surface area contributed by atoms with E-state index in [0.29, 0.717) is 6.04 Å². The summed E-state index contributed by atoms with van der Waals surface area (Å²) in [6.45, 7) is 7.13. The second-order valence-electron chi connectivity index (χ2n) is 6.59. The molecule has 0 spiro atoms. The molecule has 1 saturated heterocycles. The first-order valence-corrected chi connectivity index (χ1v) is 9.67. The molecule has 2 rings (SSSR count). The lowest BCUT2D eigenvalue weighted by Crippen LogP contribution is -2.51. The van der Waals surface area contributed by atoms with Gasteiger partial charge in [0.2, 0.25) is 5.91 Å². The third-order valence-electron chi connectivity index (χ3n) is 4.93. The maximum Gasteiger partial charge on any atom is 0.239 e. The van der Waals surface area contributed by atoms with E-state index in [2.05, 4.69) is 40.0 Å². The van der Waals surface area contributed by atoms with Crippen molar-refractivity contribution in [3.63, 3.8) is 0 Å². The van der Waals surface area contributed by atoms with E-state index in [1.807, 2.05) is 25.1 Å². The molecular weight excluding hydrogens is 368 g/mol. The molecule has 0 saturated carbocycles. The van der Waals surface area contributed by atoms with Crippen LogP contribution in [0.5, 0.6) is 5.75 Å². The molecule has 134 valence electrons. The lowest BCUT2D eigenvalue weighted by atomic mass is 9.99. The number of piperidine rings is 1. The van der Waals surface area contributed by atoms with Crippen LogP contribution in [0.15, 0.2) is 22.7 Å². The Morgan fingerprint density at radius 3 is 2.79 bits per heavy atom. The van der Waals surface area contributed by atoms with Crippen LogP contribution in [0.2, 0.25) is 0 Å². The Morgan fingerprint density at radius 1 is 1.42 bits per heavy atom. The van der Waals surface area contributed by atoms with Crippen molar-refractivity contribution in [2.75, 3.05) is 13.7 Å². The summed E-state index contributed by atoms with van der Waals surface area (Å²) >= 11 is 3.52. The van der Waals surface area contributed by atoms with E-state index in [1.165, 1.54) is 6.42 Å². The number of hydrogen-bond acceptors (Lipinski definition) is 3. The van der Waals surface area contributed by atoms with Gasteiger partial charge >= 0.3 is 0 Å². The fraction of sp³-hybridized carbons (Fsp3) is 0.632. The molecule has 1 amide bonds. The smallest absolute Gasteiger partial charge is 0.239 e. The van der Waals surface area contributed by atoms with Crippen molar-refractivity contribution in [2.24, 2.45) is 0 Å². The van der Waals surface area contributed by atoms with Crippen LogP contribution in [0, 0.1) is 0 Å². The Morgan fingerprint density at radius 2 is 2.17 bits per heavy atom. The van der Waals surface area contributed by atoms with Gasteiger partial charge in [0.25, 0.3) is 0 Å². The monoisotopic (exact) mass is 396 g/mol. The van der Waals surface area contributed by atoms with Gasteiger partial charge in [-0.25, -0.2) is 0 Å². The second kappa shape index (κ2) is 8.86. The van der Waals surface area contributed by atoms with Crippen molar-refractivity contribution in [1.82, 2.24) is 10.2 Å². The molecule has 0 aliphatic carbocycles. The van der Waals surface area contributed by atoms with Gasteiger partial charge in [-0.3, -0.25) is 10.1 Å². The normalized spacial score (nSPS) is 20.5. The Balaban J connectivity index is 2.01. The summed E-state index contributed by atoms with van der Waals surface area (Å²) in [6.07, 6.45) is 4.53. The zero-order valence-corrected chi connectivity index (χ0v) is 16.7. The largest absolute Gasteiger partial charge is 0.496 e. The average molecular weight is 397 g/mol. The summed E-state index contributed by atoms with van der Waals surface area (Å²) in [5, 5.41) is 3.45. The molecule has 1 aromatic carbocycles. The second-order valence-corrected chi connectivity index (χ2v) is 7.45. The number of carbonyl (C=O) groups is 1. The Kier molecular flexibility index (Phi) is 7.11. The minimum atomic E-state index is -0.187. The number of rotatable bonds is 6. The minimum Gasteiger partial charge on any atom is -0.496 e. The van der Waals surface area contributed by atoms with E-state index in [1.54, 1.807) is 7.11 Å². The predicted molar refractivity (Wildman–Crippen MR) is 101 cm³/mol. The molecular formula is C19H29BrN2O2. The van der Waals surface area contributed by atoms with Gasteiger partial charge in [-0.2, -0.15) is 0 Å². The van der Waals surface area contributed by atoms with Crippen molar-refractivity contribution >= 4 is 21.8 Å². The number of hydrogen-bond donors (Lipinski definition) is 1. The predicted octanol–water partition coefficient (Wildman–Crippen LogP) is 4.29. The highest BCUT2D eigenvalue weighted by atomic mass is 79.9. The molecule has 3 atom stereocenters. The standard InChI is InChI=1S/C19H29BrN2O2/c1-5-16-8-6-7-11-22(16)19(23)14(3)21-13(2)15-9-10-18(24-4)17(20)12-15/h9-10,12-14,16,21H,5-8,11H2,1-4H3. The lowest BCUT2D eigenvalue weighted by Gasteiger charge is -2.37. The van der Waals surface area contributed by atoms with E-state index in [0.717, 1.165) is 41.6 Å². The van der Waals surface area contributed by atoms with E-state index < -0.39 is 0 Å². The van der Waals surface area contributed by atoms with Gasteiger partial charge < -0.3 is 9.64 Å². The number of likely N-dealkylation sites (tertiary alicyclic amines) is 1. The molecule has 1 aliphatic heterocycles. The van der Waals surface area contributed by atoms with Crippen LogP contribution in [0.3, 0.4) is 0 Å². The van der Waals surface area contributed by atoms with Crippen LogP contribution < -0.4 is 10.1 Å². The first-order chi connectivity index (χ1) is 11.5. The maximum atomic E-state index is 12.8. The highest BCUT2D eigenvalue weighted by Gasteiger charge is 2.29. The van der Waals surface area contributed by atoms with Crippen molar-refractivity contribution in [3.8, 4) is 5.75 Å². The SMILES string of the molecule is CCC1CCCCN1C(=O)C(C)NC(C)c1ccc(OC)c(Br)c1. The zero-order valence-electron chi connectivity index (χ0n) is 15.1. The molecule has 0 radical (unpaired) electrons. The van der Waals surface area contributed by atoms with Gasteiger partial charge in [0.15, 0.2) is 0 Å². The molecule has 1 N–H and O–H groups in total. The van der Waals surface area contributed by atoms with Gasteiger partial charge in [0, 0.05) is 18.6 Å². The summed E-state index contributed by atoms with van der Waals surface area (Å²) in [5.41, 5.74) is 1.13. The highest BCUT2D eigenvalue weighted by Crippen LogP contribution is 2.28. The van der Waals surface area contributed by atoms with Crippen LogP contribution in [0.4, 0.5) is 0 Å². The van der Waals surface area contributed by atoms with Crippen molar-refractivity contribution < 1.29 is 9.53 Å². The number of ether oxygens (including phenoxy) is 1. The number of halogens is 1. The van der Waals surface area contributed by atoms with E-state index in [-0.39, 0.29) is 18.0 Å². The van der Waals surface area contributed by atoms with Crippen molar-refractivity contribution in [1.29, 1.82) is 0 Å². The van der Waals surface area contributed by atoms with Crippen molar-refractivity contribution in [2.45, 2.75) is 64.6 Å². The van der Waals surface area contributed by atoms with Gasteiger partial charge in [-0.1, -0.05) is 13.0 Å². The molecule has 1 aliphatic rings. The highest BCUT2D eigenvalue weighted by molar-refractivity contribution is 9.10. The molecule has 1 heterocycles. The number of benzene rings is 1.